The van der Waals surface area contributed by atoms with Crippen LogP contribution < -0.4 is 11.1 Å². The van der Waals surface area contributed by atoms with Crippen LogP contribution in [-0.4, -0.2) is 18.1 Å². The van der Waals surface area contributed by atoms with Crippen molar-refractivity contribution >= 4 is 39.6 Å². The lowest BCUT2D eigenvalue weighted by Gasteiger charge is -2.15. The summed E-state index contributed by atoms with van der Waals surface area (Å²) in [6.07, 6.45) is 4.64. The van der Waals surface area contributed by atoms with Crippen LogP contribution in [0.3, 0.4) is 0 Å². The average molecular weight is 286 g/mol. The number of anilines is 2. The number of nitrogens with one attached hydrogen (secondary N) is 1. The van der Waals surface area contributed by atoms with E-state index < -0.39 is 0 Å². The molecular formula is C13H22N2OS2. The average Bonchev–Trinajstić information content (AvgIpc) is 2.71. The first-order valence-corrected chi connectivity index (χ1v) is 8.38. The fourth-order valence-electron chi connectivity index (χ4n) is 1.77. The largest absolute Gasteiger partial charge is 0.396 e. The van der Waals surface area contributed by atoms with Crippen LogP contribution in [0.15, 0.2) is 4.90 Å². The third-order valence-corrected chi connectivity index (χ3v) is 5.14. The zero-order chi connectivity index (χ0) is 13.7. The Balaban J connectivity index is 3.07. The first-order valence-electron chi connectivity index (χ1n) is 6.34. The van der Waals surface area contributed by atoms with Gasteiger partial charge in [-0.05, 0) is 19.1 Å². The minimum atomic E-state index is 0.130. The number of rotatable bonds is 7. The summed E-state index contributed by atoms with van der Waals surface area (Å²) in [5.41, 5.74) is 6.72. The van der Waals surface area contributed by atoms with E-state index >= 15 is 0 Å². The van der Waals surface area contributed by atoms with E-state index in [1.165, 1.54) is 11.3 Å². The minimum absolute atomic E-state index is 0.130. The molecule has 18 heavy (non-hydrogen) atoms. The van der Waals surface area contributed by atoms with Gasteiger partial charge in [0.15, 0.2) is 5.78 Å². The van der Waals surface area contributed by atoms with Gasteiger partial charge in [-0.15, -0.1) is 23.1 Å². The quantitative estimate of drug-likeness (QED) is 0.581. The number of thiophene rings is 1. The number of nitrogen functional groups attached to an aromatic ring is 1. The molecule has 1 heterocycles. The van der Waals surface area contributed by atoms with Crippen LogP contribution in [0.5, 0.6) is 0 Å². The van der Waals surface area contributed by atoms with Gasteiger partial charge in [-0.1, -0.05) is 20.8 Å². The van der Waals surface area contributed by atoms with Crippen LogP contribution in [-0.2, 0) is 0 Å². The van der Waals surface area contributed by atoms with Crippen molar-refractivity contribution in [2.45, 2.75) is 51.0 Å². The summed E-state index contributed by atoms with van der Waals surface area (Å²) < 4.78 is 0. The topological polar surface area (TPSA) is 55.1 Å². The summed E-state index contributed by atoms with van der Waals surface area (Å²) in [7, 11) is 0. The van der Waals surface area contributed by atoms with E-state index in [1.54, 1.807) is 11.8 Å². The Bertz CT molecular complexity index is 411. The Hall–Kier alpha value is -0.680. The Kier molecular flexibility index (Phi) is 6.02. The highest BCUT2D eigenvalue weighted by molar-refractivity contribution is 7.99. The fraction of sp³-hybridized carbons (Fsp3) is 0.615. The van der Waals surface area contributed by atoms with Crippen LogP contribution in [0.25, 0.3) is 0 Å². The molecule has 0 aliphatic carbocycles. The molecule has 0 fully saturated rings. The van der Waals surface area contributed by atoms with Crippen molar-refractivity contribution in [2.75, 3.05) is 17.3 Å². The number of Topliss-reactive ketones (excluding diaryl/α,β-unsaturated/α-hetero) is 1. The number of ketones is 1. The lowest BCUT2D eigenvalue weighted by Crippen LogP contribution is -2.16. The Morgan fingerprint density at radius 2 is 2.00 bits per heavy atom. The maximum atomic E-state index is 11.8. The zero-order valence-corrected chi connectivity index (χ0v) is 13.1. The molecule has 1 aromatic rings. The van der Waals surface area contributed by atoms with Crippen LogP contribution in [0.4, 0.5) is 10.7 Å². The number of carbonyl (C=O) groups is 1. The number of hydrogen-bond donors (Lipinski definition) is 2. The molecule has 102 valence electrons. The van der Waals surface area contributed by atoms with E-state index in [0.717, 1.165) is 22.7 Å². The SMILES string of the molecule is CCC(=O)c1sc(NC(CC)CC)c(SC)c1N. The summed E-state index contributed by atoms with van der Waals surface area (Å²) in [5.74, 6) is 0.130. The monoisotopic (exact) mass is 286 g/mol. The van der Waals surface area contributed by atoms with Crippen molar-refractivity contribution in [3.63, 3.8) is 0 Å². The Morgan fingerprint density at radius 3 is 2.44 bits per heavy atom. The van der Waals surface area contributed by atoms with E-state index in [4.69, 9.17) is 5.73 Å². The van der Waals surface area contributed by atoms with Gasteiger partial charge in [-0.2, -0.15) is 0 Å². The van der Waals surface area contributed by atoms with Crippen molar-refractivity contribution in [1.29, 1.82) is 0 Å². The lowest BCUT2D eigenvalue weighted by molar-refractivity contribution is 0.0992. The van der Waals surface area contributed by atoms with Gasteiger partial charge in [0.25, 0.3) is 0 Å². The lowest BCUT2D eigenvalue weighted by atomic mass is 10.2. The van der Waals surface area contributed by atoms with Gasteiger partial charge >= 0.3 is 0 Å². The molecule has 1 rings (SSSR count). The van der Waals surface area contributed by atoms with Gasteiger partial charge in [0.05, 0.1) is 15.5 Å². The molecule has 1 aromatic heterocycles. The summed E-state index contributed by atoms with van der Waals surface area (Å²) in [6.45, 7) is 6.19. The maximum absolute atomic E-state index is 11.8. The first kappa shape index (κ1) is 15.4. The molecule has 0 amide bonds. The second-order valence-electron chi connectivity index (χ2n) is 4.14. The fourth-order valence-corrected chi connectivity index (χ4v) is 3.88. The molecule has 0 saturated carbocycles. The predicted octanol–water partition coefficient (Wildman–Crippen LogP) is 4.25. The number of thioether (sulfide) groups is 1. The second kappa shape index (κ2) is 7.04. The highest BCUT2D eigenvalue weighted by atomic mass is 32.2. The predicted molar refractivity (Wildman–Crippen MR) is 83.1 cm³/mol. The molecule has 0 aliphatic heterocycles. The van der Waals surface area contributed by atoms with Crippen molar-refractivity contribution in [1.82, 2.24) is 0 Å². The standard InChI is InChI=1S/C13H22N2OS2/c1-5-8(6-2)15-13-12(17-4)10(14)11(18-13)9(16)7-3/h8,15H,5-7,14H2,1-4H3. The summed E-state index contributed by atoms with van der Waals surface area (Å²) in [4.78, 5) is 13.6. The van der Waals surface area contributed by atoms with Crippen LogP contribution >= 0.6 is 23.1 Å². The highest BCUT2D eigenvalue weighted by Crippen LogP contribution is 2.42. The van der Waals surface area contributed by atoms with Gasteiger partial charge < -0.3 is 11.1 Å². The van der Waals surface area contributed by atoms with E-state index in [1.807, 2.05) is 13.2 Å². The molecule has 0 spiro atoms. The molecule has 0 bridgehead atoms. The van der Waals surface area contributed by atoms with Crippen molar-refractivity contribution < 1.29 is 4.79 Å². The van der Waals surface area contributed by atoms with Gasteiger partial charge in [0.2, 0.25) is 0 Å². The van der Waals surface area contributed by atoms with E-state index in [-0.39, 0.29) is 5.78 Å². The molecule has 0 unspecified atom stereocenters. The molecule has 0 aromatic carbocycles. The molecule has 0 radical (unpaired) electrons. The molecule has 3 nitrogen and oxygen atoms in total. The van der Waals surface area contributed by atoms with Crippen molar-refractivity contribution in [3.8, 4) is 0 Å². The smallest absolute Gasteiger partial charge is 0.174 e. The molecule has 5 heteroatoms. The first-order chi connectivity index (χ1) is 8.58. The zero-order valence-electron chi connectivity index (χ0n) is 11.5. The van der Waals surface area contributed by atoms with E-state index in [9.17, 15) is 4.79 Å². The van der Waals surface area contributed by atoms with Crippen LogP contribution in [0.1, 0.15) is 49.7 Å². The molecule has 3 N–H and O–H groups in total. The molecule has 0 atom stereocenters. The van der Waals surface area contributed by atoms with E-state index in [0.29, 0.717) is 23.0 Å². The molecule has 0 saturated heterocycles. The Morgan fingerprint density at radius 1 is 1.39 bits per heavy atom. The molecule has 0 aliphatic rings. The molecular weight excluding hydrogens is 264 g/mol. The van der Waals surface area contributed by atoms with E-state index in [2.05, 4.69) is 19.2 Å². The normalized spacial score (nSPS) is 10.9. The maximum Gasteiger partial charge on any atom is 0.174 e. The highest BCUT2D eigenvalue weighted by Gasteiger charge is 2.20. The summed E-state index contributed by atoms with van der Waals surface area (Å²) >= 11 is 3.10. The number of hydrogen-bond acceptors (Lipinski definition) is 5. The van der Waals surface area contributed by atoms with Crippen LogP contribution in [0, 0.1) is 0 Å². The Labute approximate surface area is 118 Å². The van der Waals surface area contributed by atoms with Gasteiger partial charge in [0.1, 0.15) is 5.00 Å². The number of nitrogens with two attached hydrogens (primary N) is 1. The summed E-state index contributed by atoms with van der Waals surface area (Å²) in [5, 5.41) is 4.55. The third kappa shape index (κ3) is 3.20. The van der Waals surface area contributed by atoms with Gasteiger partial charge in [0, 0.05) is 12.5 Å². The summed E-state index contributed by atoms with van der Waals surface area (Å²) in [6, 6.07) is 0.443. The van der Waals surface area contributed by atoms with Crippen molar-refractivity contribution in [3.05, 3.63) is 4.88 Å². The van der Waals surface area contributed by atoms with Gasteiger partial charge in [-0.25, -0.2) is 0 Å². The van der Waals surface area contributed by atoms with Crippen molar-refractivity contribution in [2.24, 2.45) is 0 Å². The third-order valence-electron chi connectivity index (χ3n) is 3.00. The van der Waals surface area contributed by atoms with Crippen LogP contribution in [0.2, 0.25) is 0 Å². The second-order valence-corrected chi connectivity index (χ2v) is 5.98. The minimum Gasteiger partial charge on any atom is -0.396 e. The number of carbonyl (C=O) groups excluding carboxylic acids is 1. The van der Waals surface area contributed by atoms with Gasteiger partial charge in [-0.3, -0.25) is 4.79 Å².